The summed E-state index contributed by atoms with van der Waals surface area (Å²) in [5.41, 5.74) is 5.50. The topological polar surface area (TPSA) is 72.5 Å². The van der Waals surface area contributed by atoms with Gasteiger partial charge < -0.3 is 4.57 Å². The molecule has 3 rings (SSSR count). The molecule has 0 atom stereocenters. The number of para-hydroxylation sites is 1. The number of non-ortho nitro benzene ring substituents is 1. The summed E-state index contributed by atoms with van der Waals surface area (Å²) in [6, 6.07) is 14.1. The average Bonchev–Trinajstić information content (AvgIpc) is 2.87. The van der Waals surface area contributed by atoms with Crippen LogP contribution in [0.5, 0.6) is 0 Å². The number of aromatic nitrogens is 1. The average molecular weight is 371 g/mol. The van der Waals surface area contributed by atoms with Crippen LogP contribution >= 0.6 is 11.6 Å². The number of hydrogen-bond donors (Lipinski definition) is 1. The monoisotopic (exact) mass is 370 g/mol. The molecule has 2 aromatic carbocycles. The zero-order valence-electron chi connectivity index (χ0n) is 14.5. The van der Waals surface area contributed by atoms with E-state index in [1.54, 1.807) is 18.3 Å². The molecule has 0 spiro atoms. The predicted molar refractivity (Wildman–Crippen MR) is 106 cm³/mol. The van der Waals surface area contributed by atoms with Crippen LogP contribution in [0.1, 0.15) is 19.4 Å². The molecule has 0 aliphatic carbocycles. The standard InChI is InChI=1S/C19H19ClN4O2/c1-13(2)12-23-18-6-4-3-5-16(18)17(19(23)20)11-21-22-14-7-9-15(10-8-14)24(25)26/h3-11,13,22H,12H2,1-2H3. The Morgan fingerprint density at radius 2 is 1.92 bits per heavy atom. The fourth-order valence-corrected chi connectivity index (χ4v) is 3.11. The molecule has 1 N–H and O–H groups in total. The molecule has 26 heavy (non-hydrogen) atoms. The molecular formula is C19H19ClN4O2. The number of hydrazone groups is 1. The van der Waals surface area contributed by atoms with Crippen molar-refractivity contribution in [1.82, 2.24) is 4.57 Å². The van der Waals surface area contributed by atoms with Crippen LogP contribution < -0.4 is 5.43 Å². The van der Waals surface area contributed by atoms with Gasteiger partial charge in [0.25, 0.3) is 5.69 Å². The van der Waals surface area contributed by atoms with E-state index in [0.717, 1.165) is 23.0 Å². The van der Waals surface area contributed by atoms with Crippen molar-refractivity contribution in [2.45, 2.75) is 20.4 Å². The highest BCUT2D eigenvalue weighted by atomic mass is 35.5. The zero-order valence-corrected chi connectivity index (χ0v) is 15.3. The predicted octanol–water partition coefficient (Wildman–Crippen LogP) is 5.30. The van der Waals surface area contributed by atoms with Gasteiger partial charge in [-0.3, -0.25) is 15.5 Å². The number of fused-ring (bicyclic) bond motifs is 1. The van der Waals surface area contributed by atoms with Gasteiger partial charge in [0.15, 0.2) is 0 Å². The molecule has 0 radical (unpaired) electrons. The molecule has 0 amide bonds. The molecule has 0 saturated carbocycles. The second kappa shape index (κ2) is 7.58. The van der Waals surface area contributed by atoms with E-state index in [4.69, 9.17) is 11.6 Å². The minimum atomic E-state index is -0.434. The van der Waals surface area contributed by atoms with Crippen molar-refractivity contribution in [3.8, 4) is 0 Å². The van der Waals surface area contributed by atoms with E-state index in [9.17, 15) is 10.1 Å². The summed E-state index contributed by atoms with van der Waals surface area (Å²) in [4.78, 5) is 10.3. The molecule has 1 heterocycles. The number of halogens is 1. The number of benzene rings is 2. The molecule has 7 heteroatoms. The van der Waals surface area contributed by atoms with Gasteiger partial charge >= 0.3 is 0 Å². The first-order valence-electron chi connectivity index (χ1n) is 8.27. The lowest BCUT2D eigenvalue weighted by Crippen LogP contribution is -2.04. The maximum absolute atomic E-state index is 10.7. The summed E-state index contributed by atoms with van der Waals surface area (Å²) in [5.74, 6) is 0.464. The highest BCUT2D eigenvalue weighted by molar-refractivity contribution is 6.34. The Labute approximate surface area is 156 Å². The Hall–Kier alpha value is -2.86. The molecule has 0 saturated heterocycles. The lowest BCUT2D eigenvalue weighted by atomic mass is 10.2. The second-order valence-electron chi connectivity index (χ2n) is 6.40. The Kier molecular flexibility index (Phi) is 5.23. The van der Waals surface area contributed by atoms with Crippen molar-refractivity contribution in [3.63, 3.8) is 0 Å². The Morgan fingerprint density at radius 3 is 2.58 bits per heavy atom. The van der Waals surface area contributed by atoms with E-state index in [-0.39, 0.29) is 5.69 Å². The number of anilines is 1. The molecule has 134 valence electrons. The van der Waals surface area contributed by atoms with Gasteiger partial charge in [-0.05, 0) is 24.1 Å². The fourth-order valence-electron chi connectivity index (χ4n) is 2.79. The second-order valence-corrected chi connectivity index (χ2v) is 6.76. The quantitative estimate of drug-likeness (QED) is 0.363. The van der Waals surface area contributed by atoms with Crippen LogP contribution in [-0.2, 0) is 6.54 Å². The third-order valence-electron chi connectivity index (χ3n) is 3.96. The van der Waals surface area contributed by atoms with Crippen LogP contribution in [0.4, 0.5) is 11.4 Å². The minimum absolute atomic E-state index is 0.0410. The molecule has 0 unspecified atom stereocenters. The van der Waals surface area contributed by atoms with Gasteiger partial charge in [-0.1, -0.05) is 43.6 Å². The third-order valence-corrected chi connectivity index (χ3v) is 4.37. The Morgan fingerprint density at radius 1 is 1.23 bits per heavy atom. The summed E-state index contributed by atoms with van der Waals surface area (Å²) in [5, 5.41) is 16.6. The van der Waals surface area contributed by atoms with Gasteiger partial charge in [0.2, 0.25) is 0 Å². The molecule has 1 aromatic heterocycles. The summed E-state index contributed by atoms with van der Waals surface area (Å²) in [7, 11) is 0. The van der Waals surface area contributed by atoms with Crippen LogP contribution in [0.3, 0.4) is 0 Å². The maximum Gasteiger partial charge on any atom is 0.269 e. The summed E-state index contributed by atoms with van der Waals surface area (Å²) < 4.78 is 2.09. The summed E-state index contributed by atoms with van der Waals surface area (Å²) in [6.07, 6.45) is 1.68. The van der Waals surface area contributed by atoms with Crippen LogP contribution in [-0.4, -0.2) is 15.7 Å². The van der Waals surface area contributed by atoms with Gasteiger partial charge in [-0.25, -0.2) is 0 Å². The van der Waals surface area contributed by atoms with Crippen LogP contribution in [0, 0.1) is 16.0 Å². The molecule has 0 bridgehead atoms. The van der Waals surface area contributed by atoms with Crippen molar-refractivity contribution in [2.24, 2.45) is 11.0 Å². The molecule has 0 aliphatic heterocycles. The Bertz CT molecular complexity index is 962. The third kappa shape index (κ3) is 3.70. The van der Waals surface area contributed by atoms with Gasteiger partial charge in [-0.15, -0.1) is 0 Å². The summed E-state index contributed by atoms with van der Waals surface area (Å²) >= 11 is 6.60. The van der Waals surface area contributed by atoms with Crippen LogP contribution in [0.15, 0.2) is 53.6 Å². The van der Waals surface area contributed by atoms with Crippen LogP contribution in [0.2, 0.25) is 5.15 Å². The van der Waals surface area contributed by atoms with Gasteiger partial charge in [0, 0.05) is 35.1 Å². The van der Waals surface area contributed by atoms with E-state index in [1.165, 1.54) is 12.1 Å². The van der Waals surface area contributed by atoms with Crippen molar-refractivity contribution < 1.29 is 4.92 Å². The van der Waals surface area contributed by atoms with E-state index in [2.05, 4.69) is 28.9 Å². The number of nitrogens with zero attached hydrogens (tertiary/aromatic N) is 3. The fraction of sp³-hybridized carbons (Fsp3) is 0.211. The molecule has 0 fully saturated rings. The molecule has 0 aliphatic rings. The largest absolute Gasteiger partial charge is 0.331 e. The molecule has 3 aromatic rings. The highest BCUT2D eigenvalue weighted by Gasteiger charge is 2.14. The normalized spacial score (nSPS) is 11.5. The van der Waals surface area contributed by atoms with Gasteiger partial charge in [-0.2, -0.15) is 5.10 Å². The smallest absolute Gasteiger partial charge is 0.269 e. The lowest BCUT2D eigenvalue weighted by Gasteiger charge is -2.09. The molecule has 6 nitrogen and oxygen atoms in total. The van der Waals surface area contributed by atoms with Crippen LogP contribution in [0.25, 0.3) is 10.9 Å². The van der Waals surface area contributed by atoms with E-state index in [0.29, 0.717) is 16.8 Å². The number of nitrogens with one attached hydrogen (secondary N) is 1. The number of rotatable bonds is 6. The van der Waals surface area contributed by atoms with Gasteiger partial charge in [0.1, 0.15) is 5.15 Å². The number of hydrogen-bond acceptors (Lipinski definition) is 4. The first kappa shape index (κ1) is 17.9. The number of nitro groups is 1. The lowest BCUT2D eigenvalue weighted by molar-refractivity contribution is -0.384. The van der Waals surface area contributed by atoms with E-state index in [1.807, 2.05) is 24.3 Å². The minimum Gasteiger partial charge on any atom is -0.331 e. The summed E-state index contributed by atoms with van der Waals surface area (Å²) in [6.45, 7) is 5.12. The van der Waals surface area contributed by atoms with Crippen molar-refractivity contribution >= 4 is 40.1 Å². The number of nitro benzene ring substituents is 1. The van der Waals surface area contributed by atoms with Crippen molar-refractivity contribution in [2.75, 3.05) is 5.43 Å². The highest BCUT2D eigenvalue weighted by Crippen LogP contribution is 2.29. The van der Waals surface area contributed by atoms with E-state index >= 15 is 0 Å². The van der Waals surface area contributed by atoms with E-state index < -0.39 is 4.92 Å². The SMILES string of the molecule is CC(C)Cn1c(Cl)c(C=NNc2ccc([N+](=O)[O-])cc2)c2ccccc21. The molecular weight excluding hydrogens is 352 g/mol. The maximum atomic E-state index is 10.7. The Balaban J connectivity index is 1.87. The van der Waals surface area contributed by atoms with Crippen molar-refractivity contribution in [1.29, 1.82) is 0 Å². The first-order chi connectivity index (χ1) is 12.5. The zero-order chi connectivity index (χ0) is 18.7. The van der Waals surface area contributed by atoms with Crippen molar-refractivity contribution in [3.05, 3.63) is 69.4 Å². The first-order valence-corrected chi connectivity index (χ1v) is 8.65. The van der Waals surface area contributed by atoms with Gasteiger partial charge in [0.05, 0.1) is 16.8 Å².